The molecule has 1 aliphatic heterocycles. The fraction of sp³-hybridized carbons (Fsp3) is 0.455. The van der Waals surface area contributed by atoms with Crippen molar-refractivity contribution in [2.24, 2.45) is 5.73 Å². The van der Waals surface area contributed by atoms with Crippen molar-refractivity contribution in [3.63, 3.8) is 0 Å². The van der Waals surface area contributed by atoms with Crippen molar-refractivity contribution in [2.45, 2.75) is 18.9 Å². The zero-order valence-electron chi connectivity index (χ0n) is 10.2. The van der Waals surface area contributed by atoms with Crippen LogP contribution in [-0.2, 0) is 0 Å². The molecule has 1 saturated heterocycles. The maximum Gasteiger partial charge on any atom is 0.342 e. The third kappa shape index (κ3) is 2.79. The first-order valence-electron chi connectivity index (χ1n) is 5.87. The van der Waals surface area contributed by atoms with Crippen molar-refractivity contribution >= 4 is 17.5 Å². The number of hydrogen-bond donors (Lipinski definition) is 2. The van der Waals surface area contributed by atoms with Crippen molar-refractivity contribution in [3.05, 3.63) is 27.9 Å². The van der Waals surface area contributed by atoms with Crippen LogP contribution >= 0.6 is 0 Å². The predicted molar refractivity (Wildman–Crippen MR) is 67.3 cm³/mol. The molecule has 0 aromatic carbocycles. The Kier molecular flexibility index (Phi) is 3.61. The lowest BCUT2D eigenvalue weighted by Gasteiger charge is -2.31. The van der Waals surface area contributed by atoms with Crippen LogP contribution in [0.5, 0.6) is 0 Å². The largest absolute Gasteiger partial charge is 0.477 e. The molecule has 102 valence electrons. The number of nitro groups is 1. The summed E-state index contributed by atoms with van der Waals surface area (Å²) in [5.74, 6) is -0.890. The molecule has 0 atom stereocenters. The van der Waals surface area contributed by atoms with Crippen molar-refractivity contribution < 1.29 is 14.8 Å². The Morgan fingerprint density at radius 1 is 1.53 bits per heavy atom. The van der Waals surface area contributed by atoms with Crippen LogP contribution in [0.3, 0.4) is 0 Å². The average Bonchev–Trinajstić information content (AvgIpc) is 2.38. The summed E-state index contributed by atoms with van der Waals surface area (Å²) in [6.45, 7) is 1.34. The van der Waals surface area contributed by atoms with Gasteiger partial charge in [-0.2, -0.15) is 0 Å². The first-order chi connectivity index (χ1) is 8.99. The number of piperidine rings is 1. The van der Waals surface area contributed by atoms with Gasteiger partial charge in [0.2, 0.25) is 0 Å². The second-order valence-electron chi connectivity index (χ2n) is 4.45. The highest BCUT2D eigenvalue weighted by molar-refractivity contribution is 5.93. The molecular formula is C11H14N4O4. The molecule has 0 bridgehead atoms. The van der Waals surface area contributed by atoms with Gasteiger partial charge in [-0.1, -0.05) is 0 Å². The summed E-state index contributed by atoms with van der Waals surface area (Å²) in [6.07, 6.45) is 2.58. The number of pyridine rings is 1. The lowest BCUT2D eigenvalue weighted by molar-refractivity contribution is -0.385. The third-order valence-electron chi connectivity index (χ3n) is 3.16. The molecule has 3 N–H and O–H groups in total. The lowest BCUT2D eigenvalue weighted by atomic mass is 10.1. The van der Waals surface area contributed by atoms with E-state index in [9.17, 15) is 14.9 Å². The summed E-state index contributed by atoms with van der Waals surface area (Å²) in [7, 11) is 0. The van der Waals surface area contributed by atoms with Crippen molar-refractivity contribution in [2.75, 3.05) is 18.0 Å². The summed E-state index contributed by atoms with van der Waals surface area (Å²) >= 11 is 0. The first kappa shape index (κ1) is 13.2. The van der Waals surface area contributed by atoms with Gasteiger partial charge in [0.05, 0.1) is 4.92 Å². The molecular weight excluding hydrogens is 252 g/mol. The zero-order valence-corrected chi connectivity index (χ0v) is 10.2. The Labute approximate surface area is 109 Å². The maximum absolute atomic E-state index is 11.0. The van der Waals surface area contributed by atoms with E-state index in [-0.39, 0.29) is 11.6 Å². The van der Waals surface area contributed by atoms with Gasteiger partial charge in [-0.3, -0.25) is 10.1 Å². The molecule has 2 heterocycles. The van der Waals surface area contributed by atoms with Crippen LogP contribution in [0.4, 0.5) is 11.5 Å². The molecule has 8 heteroatoms. The van der Waals surface area contributed by atoms with E-state index < -0.39 is 16.6 Å². The minimum atomic E-state index is -1.33. The zero-order chi connectivity index (χ0) is 14.0. The molecule has 8 nitrogen and oxygen atoms in total. The number of rotatable bonds is 3. The minimum absolute atomic E-state index is 0.147. The van der Waals surface area contributed by atoms with Gasteiger partial charge in [0.1, 0.15) is 17.6 Å². The van der Waals surface area contributed by atoms with Gasteiger partial charge in [-0.05, 0) is 12.8 Å². The van der Waals surface area contributed by atoms with Gasteiger partial charge in [0.25, 0.3) is 0 Å². The molecule has 1 aliphatic rings. The molecule has 0 spiro atoms. The number of nitrogens with zero attached hydrogens (tertiary/aromatic N) is 3. The summed E-state index contributed by atoms with van der Waals surface area (Å²) in [6, 6.07) is 1.39. The molecule has 2 rings (SSSR count). The second-order valence-corrected chi connectivity index (χ2v) is 4.45. The fourth-order valence-corrected chi connectivity index (χ4v) is 2.06. The van der Waals surface area contributed by atoms with Crippen LogP contribution in [0.1, 0.15) is 23.2 Å². The summed E-state index contributed by atoms with van der Waals surface area (Å²) in [4.78, 5) is 26.9. The maximum atomic E-state index is 11.0. The quantitative estimate of drug-likeness (QED) is 0.607. The fourth-order valence-electron chi connectivity index (χ4n) is 2.06. The molecule has 0 amide bonds. The molecule has 1 fully saturated rings. The van der Waals surface area contributed by atoms with Gasteiger partial charge in [0, 0.05) is 25.2 Å². The molecule has 0 saturated carbocycles. The molecule has 0 aliphatic carbocycles. The number of anilines is 1. The van der Waals surface area contributed by atoms with E-state index in [1.165, 1.54) is 6.07 Å². The number of aromatic nitrogens is 1. The van der Waals surface area contributed by atoms with Gasteiger partial charge >= 0.3 is 11.7 Å². The second kappa shape index (κ2) is 5.19. The van der Waals surface area contributed by atoms with E-state index in [0.29, 0.717) is 18.9 Å². The number of hydrogen-bond acceptors (Lipinski definition) is 6. The van der Waals surface area contributed by atoms with Gasteiger partial charge < -0.3 is 15.7 Å². The molecule has 1 aromatic heterocycles. The number of carboxylic acid groups (broad SMARTS) is 1. The van der Waals surface area contributed by atoms with Crippen LogP contribution in [-0.4, -0.2) is 40.1 Å². The Hall–Kier alpha value is -2.22. The van der Waals surface area contributed by atoms with Crippen molar-refractivity contribution in [3.8, 4) is 0 Å². The summed E-state index contributed by atoms with van der Waals surface area (Å²) in [5, 5.41) is 19.7. The lowest BCUT2D eigenvalue weighted by Crippen LogP contribution is -2.40. The Balaban J connectivity index is 2.30. The number of aromatic carboxylic acids is 1. The highest BCUT2D eigenvalue weighted by atomic mass is 16.6. The highest BCUT2D eigenvalue weighted by Crippen LogP contribution is 2.24. The monoisotopic (exact) mass is 266 g/mol. The van der Waals surface area contributed by atoms with Crippen molar-refractivity contribution in [1.29, 1.82) is 0 Å². The number of carbonyl (C=O) groups is 1. The van der Waals surface area contributed by atoms with Gasteiger partial charge in [-0.25, -0.2) is 9.78 Å². The standard InChI is InChI=1S/C11H14N4O4/c12-7-1-3-14(4-2-7)10-5-8(11(16)17)9(6-13-10)15(18)19/h5-7H,1-4,12H2,(H,16,17). The van der Waals surface area contributed by atoms with E-state index in [2.05, 4.69) is 4.98 Å². The van der Waals surface area contributed by atoms with Crippen LogP contribution < -0.4 is 10.6 Å². The van der Waals surface area contributed by atoms with Gasteiger partial charge in [0.15, 0.2) is 0 Å². The Morgan fingerprint density at radius 2 is 2.16 bits per heavy atom. The van der Waals surface area contributed by atoms with E-state index in [1.54, 1.807) is 0 Å². The molecule has 1 aromatic rings. The topological polar surface area (TPSA) is 123 Å². The van der Waals surface area contributed by atoms with E-state index in [0.717, 1.165) is 19.0 Å². The van der Waals surface area contributed by atoms with Crippen molar-refractivity contribution in [1.82, 2.24) is 4.98 Å². The molecule has 0 unspecified atom stereocenters. The highest BCUT2D eigenvalue weighted by Gasteiger charge is 2.24. The average molecular weight is 266 g/mol. The first-order valence-corrected chi connectivity index (χ1v) is 5.87. The predicted octanol–water partition coefficient (Wildman–Crippen LogP) is 0.615. The smallest absolute Gasteiger partial charge is 0.342 e. The van der Waals surface area contributed by atoms with Crippen LogP contribution in [0.2, 0.25) is 0 Å². The number of carboxylic acids is 1. The third-order valence-corrected chi connectivity index (χ3v) is 3.16. The van der Waals surface area contributed by atoms with Crippen LogP contribution in [0.25, 0.3) is 0 Å². The van der Waals surface area contributed by atoms with Crippen LogP contribution in [0.15, 0.2) is 12.3 Å². The molecule has 0 radical (unpaired) electrons. The minimum Gasteiger partial charge on any atom is -0.477 e. The normalized spacial score (nSPS) is 16.4. The van der Waals surface area contributed by atoms with E-state index >= 15 is 0 Å². The summed E-state index contributed by atoms with van der Waals surface area (Å²) < 4.78 is 0. The van der Waals surface area contributed by atoms with E-state index in [4.69, 9.17) is 10.8 Å². The van der Waals surface area contributed by atoms with Gasteiger partial charge in [-0.15, -0.1) is 0 Å². The molecule has 19 heavy (non-hydrogen) atoms. The SMILES string of the molecule is NC1CCN(c2cc(C(=O)O)c([N+](=O)[O-])cn2)CC1. The Morgan fingerprint density at radius 3 is 2.68 bits per heavy atom. The summed E-state index contributed by atoms with van der Waals surface area (Å²) in [5.41, 5.74) is 4.95. The Bertz CT molecular complexity index is 511. The number of nitrogens with two attached hydrogens (primary N) is 1. The van der Waals surface area contributed by atoms with Crippen LogP contribution in [0, 0.1) is 10.1 Å². The van der Waals surface area contributed by atoms with E-state index in [1.807, 2.05) is 4.90 Å².